The molecule has 7 heteroatoms. The highest BCUT2D eigenvalue weighted by molar-refractivity contribution is 7.50. The first-order valence-electron chi connectivity index (χ1n) is 9.03. The van der Waals surface area contributed by atoms with Crippen LogP contribution in [0.15, 0.2) is 41.8 Å². The molecule has 26 heavy (non-hydrogen) atoms. The molecule has 2 aromatic rings. The fourth-order valence-corrected chi connectivity index (χ4v) is 5.02. The number of hydrogen-bond acceptors (Lipinski definition) is 4. The van der Waals surface area contributed by atoms with Gasteiger partial charge < -0.3 is 15.5 Å². The molecule has 142 valence electrons. The molecule has 0 aliphatic heterocycles. The fraction of sp³-hybridized carbons (Fsp3) is 0.474. The molecule has 0 unspecified atom stereocenters. The van der Waals surface area contributed by atoms with E-state index in [0.717, 1.165) is 38.8 Å². The molecule has 1 aliphatic carbocycles. The van der Waals surface area contributed by atoms with Crippen molar-refractivity contribution < 1.29 is 14.4 Å². The topological polar surface area (TPSA) is 86.8 Å². The summed E-state index contributed by atoms with van der Waals surface area (Å²) in [6.07, 6.45) is 4.21. The number of benzene rings is 1. The van der Waals surface area contributed by atoms with Gasteiger partial charge in [0.05, 0.1) is 6.16 Å². The molecule has 0 radical (unpaired) electrons. The number of rotatable bonds is 7. The predicted molar refractivity (Wildman–Crippen MR) is 106 cm³/mol. The van der Waals surface area contributed by atoms with Gasteiger partial charge in [-0.05, 0) is 48.3 Å². The lowest BCUT2D eigenvalue weighted by Gasteiger charge is -2.36. The summed E-state index contributed by atoms with van der Waals surface area (Å²) in [6, 6.07) is 12.8. The van der Waals surface area contributed by atoms with Gasteiger partial charge in [0, 0.05) is 30.1 Å². The summed E-state index contributed by atoms with van der Waals surface area (Å²) < 4.78 is 11.2. The molecule has 4 N–H and O–H groups in total. The Hall–Kier alpha value is -1.01. The summed E-state index contributed by atoms with van der Waals surface area (Å²) in [5.41, 5.74) is 7.92. The Labute approximate surface area is 159 Å². The van der Waals surface area contributed by atoms with Crippen LogP contribution in [0.1, 0.15) is 41.7 Å². The molecule has 1 heterocycles. The van der Waals surface area contributed by atoms with E-state index in [0.29, 0.717) is 17.6 Å². The number of nitrogens with two attached hydrogens (primary N) is 1. The van der Waals surface area contributed by atoms with Gasteiger partial charge in [0.1, 0.15) is 0 Å². The Morgan fingerprint density at radius 2 is 1.69 bits per heavy atom. The summed E-state index contributed by atoms with van der Waals surface area (Å²) in [6.45, 7) is 1.77. The summed E-state index contributed by atoms with van der Waals surface area (Å²) >= 11 is 1.78. The molecule has 1 fully saturated rings. The molecule has 0 bridgehead atoms. The molecule has 0 spiro atoms. The third-order valence-corrected chi connectivity index (χ3v) is 6.63. The van der Waals surface area contributed by atoms with Crippen molar-refractivity contribution >= 4 is 18.9 Å². The smallest absolute Gasteiger partial charge is 0.328 e. The second-order valence-electron chi connectivity index (χ2n) is 7.19. The average Bonchev–Trinajstić information content (AvgIpc) is 3.08. The first-order valence-corrected chi connectivity index (χ1v) is 11.7. The molecule has 0 atom stereocenters. The van der Waals surface area contributed by atoms with E-state index in [2.05, 4.69) is 22.4 Å². The lowest BCUT2D eigenvalue weighted by Crippen LogP contribution is -2.40. The summed E-state index contributed by atoms with van der Waals surface area (Å²) in [4.78, 5) is 22.1. The van der Waals surface area contributed by atoms with Crippen LogP contribution in [-0.4, -0.2) is 26.8 Å². The van der Waals surface area contributed by atoms with Crippen LogP contribution in [0.3, 0.4) is 0 Å². The first-order chi connectivity index (χ1) is 12.4. The van der Waals surface area contributed by atoms with Crippen LogP contribution in [0.2, 0.25) is 0 Å². The van der Waals surface area contributed by atoms with Gasteiger partial charge in [0.25, 0.3) is 0 Å². The summed E-state index contributed by atoms with van der Waals surface area (Å²) in [7, 11) is -4.02. The third-order valence-electron chi connectivity index (χ3n) is 4.99. The van der Waals surface area contributed by atoms with Crippen LogP contribution < -0.4 is 5.73 Å². The van der Waals surface area contributed by atoms with E-state index < -0.39 is 7.60 Å². The second kappa shape index (κ2) is 8.79. The van der Waals surface area contributed by atoms with Crippen LogP contribution in [0.4, 0.5) is 0 Å². The summed E-state index contributed by atoms with van der Waals surface area (Å²) in [5, 5.41) is 2.11. The molecular formula is C19H27N2O3PS. The maximum atomic E-state index is 11.2. The molecule has 0 amide bonds. The highest BCUT2D eigenvalue weighted by atomic mass is 32.1. The van der Waals surface area contributed by atoms with Crippen molar-refractivity contribution in [3.8, 4) is 0 Å². The third kappa shape index (κ3) is 6.02. The Kier molecular flexibility index (Phi) is 6.67. The van der Waals surface area contributed by atoms with Gasteiger partial charge in [-0.3, -0.25) is 9.46 Å². The van der Waals surface area contributed by atoms with E-state index in [4.69, 9.17) is 15.5 Å². The first kappa shape index (κ1) is 19.7. The number of nitrogens with zero attached hydrogens (tertiary/aromatic N) is 1. The quantitative estimate of drug-likeness (QED) is 0.624. The van der Waals surface area contributed by atoms with Gasteiger partial charge in [-0.2, -0.15) is 0 Å². The maximum Gasteiger partial charge on any atom is 0.329 e. The molecule has 3 rings (SSSR count). The van der Waals surface area contributed by atoms with Crippen molar-refractivity contribution in [2.45, 2.75) is 57.0 Å². The Morgan fingerprint density at radius 3 is 2.27 bits per heavy atom. The molecule has 1 aromatic carbocycles. The van der Waals surface area contributed by atoms with E-state index in [-0.39, 0.29) is 6.16 Å². The zero-order chi connectivity index (χ0) is 18.6. The molecule has 1 aromatic heterocycles. The Morgan fingerprint density at radius 1 is 1.04 bits per heavy atom. The minimum Gasteiger partial charge on any atom is -0.328 e. The second-order valence-corrected chi connectivity index (χ2v) is 9.87. The van der Waals surface area contributed by atoms with E-state index in [1.807, 2.05) is 24.3 Å². The lowest BCUT2D eigenvalue weighted by molar-refractivity contribution is 0.135. The number of thiophene rings is 1. The van der Waals surface area contributed by atoms with Crippen molar-refractivity contribution in [1.29, 1.82) is 0 Å². The van der Waals surface area contributed by atoms with Crippen molar-refractivity contribution in [3.05, 3.63) is 57.8 Å². The molecule has 1 aliphatic rings. The van der Waals surface area contributed by atoms with Crippen molar-refractivity contribution in [3.63, 3.8) is 0 Å². The van der Waals surface area contributed by atoms with Gasteiger partial charge >= 0.3 is 7.60 Å². The van der Waals surface area contributed by atoms with E-state index in [9.17, 15) is 4.57 Å². The SMILES string of the molecule is NC1CCC(N(Cc2ccc(CP(=O)(O)O)cc2)Cc2cccs2)CC1. The van der Waals surface area contributed by atoms with Gasteiger partial charge in [0.2, 0.25) is 0 Å². The average molecular weight is 394 g/mol. The van der Waals surface area contributed by atoms with Crippen molar-refractivity contribution in [2.24, 2.45) is 5.73 Å². The van der Waals surface area contributed by atoms with Crippen molar-refractivity contribution in [1.82, 2.24) is 4.90 Å². The highest BCUT2D eigenvalue weighted by Crippen LogP contribution is 2.39. The van der Waals surface area contributed by atoms with E-state index in [1.54, 1.807) is 11.3 Å². The normalized spacial score (nSPS) is 21.2. The maximum absolute atomic E-state index is 11.2. The number of hydrogen-bond donors (Lipinski definition) is 3. The minimum absolute atomic E-state index is 0.202. The minimum atomic E-state index is -4.02. The Balaban J connectivity index is 1.69. The van der Waals surface area contributed by atoms with Crippen LogP contribution >= 0.6 is 18.9 Å². The van der Waals surface area contributed by atoms with Gasteiger partial charge in [-0.25, -0.2) is 0 Å². The van der Waals surface area contributed by atoms with Crippen LogP contribution in [0.5, 0.6) is 0 Å². The molecule has 1 saturated carbocycles. The highest BCUT2D eigenvalue weighted by Gasteiger charge is 2.25. The van der Waals surface area contributed by atoms with E-state index >= 15 is 0 Å². The largest absolute Gasteiger partial charge is 0.329 e. The van der Waals surface area contributed by atoms with Crippen LogP contribution in [0.25, 0.3) is 0 Å². The predicted octanol–water partition coefficient (Wildman–Crippen LogP) is 3.70. The zero-order valence-electron chi connectivity index (χ0n) is 14.8. The standard InChI is InChI=1S/C19H27N2O3PS/c20-17-7-9-18(10-8-17)21(13-19-2-1-11-26-19)12-15-3-5-16(6-4-15)14-25(22,23)24/h1-6,11,17-18H,7-10,12-14,20H2,(H2,22,23,24). The molecule has 5 nitrogen and oxygen atoms in total. The monoisotopic (exact) mass is 394 g/mol. The van der Waals surface area contributed by atoms with Crippen molar-refractivity contribution in [2.75, 3.05) is 0 Å². The molecular weight excluding hydrogens is 367 g/mol. The van der Waals surface area contributed by atoms with Crippen LogP contribution in [-0.2, 0) is 23.8 Å². The zero-order valence-corrected chi connectivity index (χ0v) is 16.5. The van der Waals surface area contributed by atoms with Gasteiger partial charge in [-0.15, -0.1) is 11.3 Å². The fourth-order valence-electron chi connectivity index (χ4n) is 3.61. The molecule has 0 saturated heterocycles. The Bertz CT molecular complexity index is 722. The van der Waals surface area contributed by atoms with Gasteiger partial charge in [-0.1, -0.05) is 30.3 Å². The van der Waals surface area contributed by atoms with Crippen LogP contribution in [0, 0.1) is 0 Å². The van der Waals surface area contributed by atoms with Gasteiger partial charge in [0.15, 0.2) is 0 Å². The summed E-state index contributed by atoms with van der Waals surface area (Å²) in [5.74, 6) is 0. The lowest BCUT2D eigenvalue weighted by atomic mass is 9.90. The van der Waals surface area contributed by atoms with E-state index in [1.165, 1.54) is 10.4 Å².